The third-order valence-corrected chi connectivity index (χ3v) is 11.0. The van der Waals surface area contributed by atoms with Crippen molar-refractivity contribution in [1.82, 2.24) is 24.8 Å². The summed E-state index contributed by atoms with van der Waals surface area (Å²) >= 11 is 1.65. The van der Waals surface area contributed by atoms with Gasteiger partial charge >= 0.3 is 5.97 Å². The fraction of sp³-hybridized carbons (Fsp3) is 0.594. The molecule has 0 saturated carbocycles. The summed E-state index contributed by atoms with van der Waals surface area (Å²) in [6, 6.07) is 6.90. The second kappa shape index (κ2) is 14.1. The smallest absolute Gasteiger partial charge is 0.310 e. The van der Waals surface area contributed by atoms with Crippen molar-refractivity contribution in [2.75, 3.05) is 26.3 Å². The maximum atomic E-state index is 14.6. The van der Waals surface area contributed by atoms with Gasteiger partial charge in [0.05, 0.1) is 28.7 Å². The first-order valence-corrected chi connectivity index (χ1v) is 16.4. The van der Waals surface area contributed by atoms with E-state index < -0.39 is 22.6 Å². The van der Waals surface area contributed by atoms with Crippen molar-refractivity contribution in [2.45, 2.75) is 80.5 Å². The van der Waals surface area contributed by atoms with Crippen LogP contribution >= 0.6 is 11.8 Å². The molecule has 3 saturated heterocycles. The Morgan fingerprint density at radius 1 is 1.14 bits per heavy atom. The number of thioether (sulfide) groups is 1. The van der Waals surface area contributed by atoms with Crippen molar-refractivity contribution in [2.24, 2.45) is 11.8 Å². The number of carbonyl (C=O) groups excluding carboxylic acids is 3. The number of likely N-dealkylation sites (tertiary alicyclic amines) is 1. The summed E-state index contributed by atoms with van der Waals surface area (Å²) in [5, 5.41) is 17.7. The minimum Gasteiger partial charge on any atom is -0.465 e. The number of unbranched alkanes of at least 4 members (excludes halogenated alkanes) is 5. The number of hydrogen-bond acceptors (Lipinski definition) is 8. The number of benzene rings is 1. The van der Waals surface area contributed by atoms with Crippen LogP contribution in [0, 0.1) is 11.8 Å². The lowest BCUT2D eigenvalue weighted by molar-refractivity contribution is -0.154. The lowest BCUT2D eigenvalue weighted by atomic mass is 9.71. The van der Waals surface area contributed by atoms with Gasteiger partial charge in [0, 0.05) is 24.9 Å². The average Bonchev–Trinajstić information content (AvgIpc) is 3.76. The Labute approximate surface area is 257 Å². The number of ether oxygens (including phenoxy) is 1. The van der Waals surface area contributed by atoms with Crippen LogP contribution in [-0.2, 0) is 25.8 Å². The van der Waals surface area contributed by atoms with Crippen LogP contribution in [0.5, 0.6) is 0 Å². The maximum Gasteiger partial charge on any atom is 0.310 e. The van der Waals surface area contributed by atoms with Crippen molar-refractivity contribution in [1.29, 1.82) is 0 Å². The Morgan fingerprint density at radius 3 is 2.74 bits per heavy atom. The van der Waals surface area contributed by atoms with Gasteiger partial charge in [-0.05, 0) is 57.1 Å². The van der Waals surface area contributed by atoms with Gasteiger partial charge in [-0.2, -0.15) is 0 Å². The SMILES string of the molecule is C=CCCCCOC(=O)[C@@H]1[C@H]2C(=O)N(CCCCCCO)C(C(=O)N(CC=C)Cn3nnc4ccccc43)C23CC[C@H]1S3. The van der Waals surface area contributed by atoms with Crippen molar-refractivity contribution in [3.8, 4) is 0 Å². The minimum absolute atomic E-state index is 0.0382. The van der Waals surface area contributed by atoms with Crippen molar-refractivity contribution in [3.63, 3.8) is 0 Å². The number of para-hydroxylation sites is 1. The van der Waals surface area contributed by atoms with E-state index in [9.17, 15) is 19.5 Å². The van der Waals surface area contributed by atoms with Gasteiger partial charge in [0.15, 0.2) is 0 Å². The van der Waals surface area contributed by atoms with E-state index in [0.717, 1.165) is 56.0 Å². The Hall–Kier alpha value is -3.18. The van der Waals surface area contributed by atoms with Gasteiger partial charge in [-0.1, -0.05) is 42.3 Å². The highest BCUT2D eigenvalue weighted by atomic mass is 32.2. The molecule has 1 aromatic heterocycles. The highest BCUT2D eigenvalue weighted by molar-refractivity contribution is 8.02. The maximum absolute atomic E-state index is 14.6. The van der Waals surface area contributed by atoms with Crippen LogP contribution < -0.4 is 0 Å². The Morgan fingerprint density at radius 2 is 1.95 bits per heavy atom. The molecule has 4 heterocycles. The largest absolute Gasteiger partial charge is 0.465 e. The molecule has 3 fully saturated rings. The minimum atomic E-state index is -0.696. The van der Waals surface area contributed by atoms with Gasteiger partial charge in [0.2, 0.25) is 11.8 Å². The number of aliphatic hydroxyl groups is 1. The van der Waals surface area contributed by atoms with Gasteiger partial charge in [0.25, 0.3) is 0 Å². The molecule has 1 spiro atoms. The molecule has 5 atom stereocenters. The molecule has 1 N–H and O–H groups in total. The van der Waals surface area contributed by atoms with Crippen LogP contribution in [0.3, 0.4) is 0 Å². The zero-order valence-electron chi connectivity index (χ0n) is 24.8. The molecule has 11 heteroatoms. The molecule has 3 aliphatic heterocycles. The Kier molecular flexibility index (Phi) is 10.2. The standard InChI is InChI=1S/C32H43N5O5S/c1-3-5-6-13-21-42-31(41)26-25-16-17-32(43-25)27(26)29(39)36(19-11-7-8-12-20-38)28(32)30(40)35(18-4-2)22-37-24-15-10-9-14-23(24)33-34-37/h3-4,9-10,14-15,25-28,38H,1-2,5-8,11-13,16-22H2/t25-,26+,27+,28?,32?/m1/s1. The van der Waals surface area contributed by atoms with Crippen molar-refractivity contribution < 1.29 is 24.2 Å². The molecule has 0 aliphatic carbocycles. The lowest BCUT2D eigenvalue weighted by Crippen LogP contribution is -2.55. The molecule has 232 valence electrons. The van der Waals surface area contributed by atoms with E-state index in [1.807, 2.05) is 30.3 Å². The summed E-state index contributed by atoms with van der Waals surface area (Å²) in [6.45, 7) is 8.99. The number of hydrogen-bond donors (Lipinski definition) is 1. The van der Waals surface area contributed by atoms with E-state index in [2.05, 4.69) is 23.5 Å². The molecule has 5 rings (SSSR count). The van der Waals surface area contributed by atoms with E-state index in [-0.39, 0.29) is 42.9 Å². The Balaban J connectivity index is 1.41. The number of aromatic nitrogens is 3. The normalized spacial score (nSPS) is 25.7. The van der Waals surface area contributed by atoms with Crippen LogP contribution in [0.1, 0.15) is 57.8 Å². The number of allylic oxidation sites excluding steroid dienone is 1. The first kappa shape index (κ1) is 31.3. The predicted octanol–water partition coefficient (Wildman–Crippen LogP) is 3.95. The average molecular weight is 610 g/mol. The topological polar surface area (TPSA) is 118 Å². The first-order valence-electron chi connectivity index (χ1n) is 15.5. The van der Waals surface area contributed by atoms with E-state index in [0.29, 0.717) is 26.0 Å². The zero-order chi connectivity index (χ0) is 30.4. The lowest BCUT2D eigenvalue weighted by Gasteiger charge is -2.37. The number of fused-ring (bicyclic) bond motifs is 2. The summed E-state index contributed by atoms with van der Waals surface area (Å²) in [4.78, 5) is 45.8. The fourth-order valence-corrected chi connectivity index (χ4v) is 9.28. The van der Waals surface area contributed by atoms with Gasteiger partial charge in [-0.25, -0.2) is 4.68 Å². The van der Waals surface area contributed by atoms with Gasteiger partial charge in [-0.15, -0.1) is 30.0 Å². The molecule has 2 amide bonds. The number of rotatable bonds is 17. The number of amides is 2. The molecule has 43 heavy (non-hydrogen) atoms. The van der Waals surface area contributed by atoms with Crippen molar-refractivity contribution >= 4 is 40.6 Å². The van der Waals surface area contributed by atoms with Gasteiger partial charge in [-0.3, -0.25) is 14.4 Å². The van der Waals surface area contributed by atoms with Crippen LogP contribution in [0.4, 0.5) is 0 Å². The molecule has 0 radical (unpaired) electrons. The van der Waals surface area contributed by atoms with Gasteiger partial charge < -0.3 is 19.6 Å². The second-order valence-electron chi connectivity index (χ2n) is 11.7. The molecule has 1 aromatic carbocycles. The summed E-state index contributed by atoms with van der Waals surface area (Å²) in [6.07, 6.45) is 10.7. The monoisotopic (exact) mass is 609 g/mol. The highest BCUT2D eigenvalue weighted by Crippen LogP contribution is 2.66. The van der Waals surface area contributed by atoms with E-state index in [1.165, 1.54) is 0 Å². The van der Waals surface area contributed by atoms with Crippen molar-refractivity contribution in [3.05, 3.63) is 49.6 Å². The predicted molar refractivity (Wildman–Crippen MR) is 166 cm³/mol. The highest BCUT2D eigenvalue weighted by Gasteiger charge is 2.74. The molecule has 2 bridgehead atoms. The second-order valence-corrected chi connectivity index (χ2v) is 13.3. The van der Waals surface area contributed by atoms with Crippen LogP contribution in [0.2, 0.25) is 0 Å². The Bertz CT molecular complexity index is 1330. The molecule has 2 unspecified atom stereocenters. The number of esters is 1. The third-order valence-electron chi connectivity index (χ3n) is 9.05. The number of nitrogens with zero attached hydrogens (tertiary/aromatic N) is 5. The number of carbonyl (C=O) groups is 3. The quantitative estimate of drug-likeness (QED) is 0.163. The molecule has 10 nitrogen and oxygen atoms in total. The fourth-order valence-electron chi connectivity index (χ4n) is 7.08. The van der Waals surface area contributed by atoms with Crippen LogP contribution in [0.25, 0.3) is 11.0 Å². The van der Waals surface area contributed by atoms with Crippen LogP contribution in [0.15, 0.2) is 49.6 Å². The van der Waals surface area contributed by atoms with E-state index in [1.54, 1.807) is 32.3 Å². The molecular formula is C32H43N5O5S. The van der Waals surface area contributed by atoms with Crippen LogP contribution in [-0.4, -0.2) is 90.0 Å². The van der Waals surface area contributed by atoms with Gasteiger partial charge in [0.1, 0.15) is 18.2 Å². The molecule has 2 aromatic rings. The summed E-state index contributed by atoms with van der Waals surface area (Å²) < 4.78 is 6.75. The zero-order valence-corrected chi connectivity index (χ0v) is 25.6. The molecular weight excluding hydrogens is 566 g/mol. The summed E-state index contributed by atoms with van der Waals surface area (Å²) in [5.41, 5.74) is 1.55. The molecule has 3 aliphatic rings. The van der Waals surface area contributed by atoms with E-state index in [4.69, 9.17) is 4.74 Å². The summed E-state index contributed by atoms with van der Waals surface area (Å²) in [5.74, 6) is -1.72. The van der Waals surface area contributed by atoms with E-state index >= 15 is 0 Å². The first-order chi connectivity index (χ1) is 21.0. The third kappa shape index (κ3) is 6.11. The summed E-state index contributed by atoms with van der Waals surface area (Å²) in [7, 11) is 0. The number of aliphatic hydroxyl groups excluding tert-OH is 1.